The molecule has 150 valence electrons. The van der Waals surface area contributed by atoms with Gasteiger partial charge in [0.25, 0.3) is 0 Å². The Labute approximate surface area is 168 Å². The molecular formula is C20H26FN5OS. The summed E-state index contributed by atoms with van der Waals surface area (Å²) in [7, 11) is 0. The maximum absolute atomic E-state index is 14.7. The van der Waals surface area contributed by atoms with Crippen LogP contribution in [0.1, 0.15) is 45.1 Å². The molecule has 0 amide bonds. The van der Waals surface area contributed by atoms with Crippen molar-refractivity contribution in [2.75, 3.05) is 18.0 Å². The summed E-state index contributed by atoms with van der Waals surface area (Å²) < 4.78 is 14.7. The zero-order valence-electron chi connectivity index (χ0n) is 16.2. The smallest absolute Gasteiger partial charge is 0.208 e. The molecule has 1 aliphatic heterocycles. The molecule has 2 heterocycles. The van der Waals surface area contributed by atoms with Crippen LogP contribution in [0.25, 0.3) is 16.1 Å². The number of benzene rings is 1. The SMILES string of the molecule is CCCC1(CCC)CN(c2nnc(-c3c(O)cc(/C(C=N)=C/N)cc3F)s2)C1. The van der Waals surface area contributed by atoms with Gasteiger partial charge in [-0.15, -0.1) is 10.2 Å². The van der Waals surface area contributed by atoms with Crippen molar-refractivity contribution in [3.8, 4) is 16.3 Å². The van der Waals surface area contributed by atoms with Gasteiger partial charge in [-0.3, -0.25) is 0 Å². The minimum absolute atomic E-state index is 0.0303. The number of phenols is 1. The zero-order valence-corrected chi connectivity index (χ0v) is 17.0. The first kappa shape index (κ1) is 20.3. The first-order valence-electron chi connectivity index (χ1n) is 9.51. The van der Waals surface area contributed by atoms with Crippen LogP contribution in [-0.2, 0) is 0 Å². The van der Waals surface area contributed by atoms with Crippen molar-refractivity contribution in [3.63, 3.8) is 0 Å². The molecule has 1 aromatic carbocycles. The van der Waals surface area contributed by atoms with E-state index in [2.05, 4.69) is 28.9 Å². The van der Waals surface area contributed by atoms with Gasteiger partial charge < -0.3 is 21.1 Å². The molecule has 28 heavy (non-hydrogen) atoms. The van der Waals surface area contributed by atoms with Gasteiger partial charge >= 0.3 is 0 Å². The third-order valence-corrected chi connectivity index (χ3v) is 6.25. The Morgan fingerprint density at radius 2 is 2.00 bits per heavy atom. The molecule has 2 aromatic rings. The van der Waals surface area contributed by atoms with E-state index >= 15 is 0 Å². The second kappa shape index (κ2) is 8.26. The van der Waals surface area contributed by atoms with E-state index in [1.54, 1.807) is 0 Å². The Morgan fingerprint density at radius 3 is 2.54 bits per heavy atom. The molecule has 1 aliphatic rings. The summed E-state index contributed by atoms with van der Waals surface area (Å²) in [5.41, 5.74) is 6.49. The van der Waals surface area contributed by atoms with Crippen LogP contribution in [0.15, 0.2) is 18.3 Å². The van der Waals surface area contributed by atoms with Crippen molar-refractivity contribution < 1.29 is 9.50 Å². The summed E-state index contributed by atoms with van der Waals surface area (Å²) in [6.07, 6.45) is 6.94. The number of halogens is 1. The lowest BCUT2D eigenvalue weighted by atomic mass is 9.73. The van der Waals surface area contributed by atoms with Crippen LogP contribution in [0.5, 0.6) is 5.75 Å². The van der Waals surface area contributed by atoms with E-state index in [9.17, 15) is 9.50 Å². The van der Waals surface area contributed by atoms with Crippen LogP contribution in [0.3, 0.4) is 0 Å². The van der Waals surface area contributed by atoms with Crippen LogP contribution in [0.4, 0.5) is 9.52 Å². The van der Waals surface area contributed by atoms with Gasteiger partial charge in [-0.05, 0) is 30.5 Å². The number of rotatable bonds is 8. The number of phenolic OH excluding ortho intramolecular Hbond substituents is 1. The highest BCUT2D eigenvalue weighted by molar-refractivity contribution is 7.18. The molecule has 6 nitrogen and oxygen atoms in total. The molecule has 3 rings (SSSR count). The van der Waals surface area contributed by atoms with Gasteiger partial charge in [-0.25, -0.2) is 4.39 Å². The maximum atomic E-state index is 14.7. The first-order chi connectivity index (χ1) is 13.5. The Hall–Kier alpha value is -2.48. The van der Waals surface area contributed by atoms with Gasteiger partial charge in [0.1, 0.15) is 11.6 Å². The van der Waals surface area contributed by atoms with Crippen molar-refractivity contribution in [3.05, 3.63) is 29.7 Å². The Bertz CT molecular complexity index is 857. The van der Waals surface area contributed by atoms with E-state index in [1.807, 2.05) is 0 Å². The molecule has 0 atom stereocenters. The fourth-order valence-electron chi connectivity index (χ4n) is 4.04. The van der Waals surface area contributed by atoms with Crippen molar-refractivity contribution in [2.24, 2.45) is 11.1 Å². The normalized spacial score (nSPS) is 16.1. The fraction of sp³-hybridized carbons (Fsp3) is 0.450. The number of allylic oxidation sites excluding steroid dienone is 1. The van der Waals surface area contributed by atoms with Crippen LogP contribution in [0.2, 0.25) is 0 Å². The van der Waals surface area contributed by atoms with Crippen molar-refractivity contribution in [1.29, 1.82) is 5.41 Å². The number of nitrogens with one attached hydrogen (secondary N) is 1. The van der Waals surface area contributed by atoms with E-state index < -0.39 is 5.82 Å². The highest BCUT2D eigenvalue weighted by atomic mass is 32.1. The van der Waals surface area contributed by atoms with E-state index in [0.717, 1.165) is 37.3 Å². The number of hydrogen-bond donors (Lipinski definition) is 3. The standard InChI is InChI=1S/C20H26FN5OS/c1-3-5-20(6-4-2)11-26(12-20)19-25-24-18(28-19)17-15(21)7-13(8-16(17)27)14(9-22)10-23/h7-10,22,27H,3-6,11-12,23H2,1-2H3/b14-10+,22-9?. The second-order valence-corrected chi connectivity index (χ2v) is 8.32. The van der Waals surface area contributed by atoms with Gasteiger partial charge in [-0.1, -0.05) is 38.0 Å². The summed E-state index contributed by atoms with van der Waals surface area (Å²) in [5.74, 6) is -0.859. The maximum Gasteiger partial charge on any atom is 0.208 e. The molecule has 4 N–H and O–H groups in total. The van der Waals surface area contributed by atoms with E-state index in [4.69, 9.17) is 11.1 Å². The monoisotopic (exact) mass is 403 g/mol. The first-order valence-corrected chi connectivity index (χ1v) is 10.3. The largest absolute Gasteiger partial charge is 0.507 e. The minimum Gasteiger partial charge on any atom is -0.507 e. The highest BCUT2D eigenvalue weighted by Gasteiger charge is 2.42. The number of aromatic hydroxyl groups is 1. The molecule has 8 heteroatoms. The summed E-state index contributed by atoms with van der Waals surface area (Å²) in [5, 5.41) is 27.1. The Balaban J connectivity index is 1.82. The lowest BCUT2D eigenvalue weighted by molar-refractivity contribution is 0.173. The van der Waals surface area contributed by atoms with Gasteiger partial charge in [0, 0.05) is 36.5 Å². The number of anilines is 1. The lowest BCUT2D eigenvalue weighted by Crippen LogP contribution is -2.56. The van der Waals surface area contributed by atoms with E-state index in [1.165, 1.54) is 42.5 Å². The molecule has 0 aliphatic carbocycles. The van der Waals surface area contributed by atoms with Crippen LogP contribution in [0, 0.1) is 16.6 Å². The summed E-state index contributed by atoms with van der Waals surface area (Å²) in [4.78, 5) is 2.18. The van der Waals surface area contributed by atoms with Gasteiger partial charge in [0.15, 0.2) is 5.01 Å². The molecule has 1 fully saturated rings. The quantitative estimate of drug-likeness (QED) is 0.567. The Morgan fingerprint density at radius 1 is 1.32 bits per heavy atom. The zero-order chi connectivity index (χ0) is 20.3. The average Bonchev–Trinajstić information content (AvgIpc) is 3.09. The number of aromatic nitrogens is 2. The van der Waals surface area contributed by atoms with E-state index in [0.29, 0.717) is 21.6 Å². The van der Waals surface area contributed by atoms with Crippen molar-refractivity contribution in [2.45, 2.75) is 39.5 Å². The lowest BCUT2D eigenvalue weighted by Gasteiger charge is -2.50. The summed E-state index contributed by atoms with van der Waals surface area (Å²) >= 11 is 1.28. The molecule has 0 radical (unpaired) electrons. The molecular weight excluding hydrogens is 377 g/mol. The fourth-order valence-corrected chi connectivity index (χ4v) is 4.94. The van der Waals surface area contributed by atoms with Gasteiger partial charge in [0.2, 0.25) is 5.13 Å². The summed E-state index contributed by atoms with van der Waals surface area (Å²) in [6.45, 7) is 6.31. The van der Waals surface area contributed by atoms with E-state index in [-0.39, 0.29) is 11.3 Å². The Kier molecular flexibility index (Phi) is 5.98. The van der Waals surface area contributed by atoms with Crippen LogP contribution >= 0.6 is 11.3 Å². The predicted octanol–water partition coefficient (Wildman–Crippen LogP) is 4.41. The molecule has 1 saturated heterocycles. The second-order valence-electron chi connectivity index (χ2n) is 7.36. The molecule has 0 spiro atoms. The third kappa shape index (κ3) is 3.73. The average molecular weight is 404 g/mol. The predicted molar refractivity (Wildman–Crippen MR) is 112 cm³/mol. The summed E-state index contributed by atoms with van der Waals surface area (Å²) in [6, 6.07) is 2.64. The number of nitrogens with zero attached hydrogens (tertiary/aromatic N) is 3. The van der Waals surface area contributed by atoms with Crippen molar-refractivity contribution >= 4 is 28.3 Å². The number of nitrogens with two attached hydrogens (primary N) is 1. The van der Waals surface area contributed by atoms with Crippen molar-refractivity contribution in [1.82, 2.24) is 10.2 Å². The third-order valence-electron chi connectivity index (χ3n) is 5.25. The molecule has 0 unspecified atom stereocenters. The topological polar surface area (TPSA) is 99.1 Å². The highest BCUT2D eigenvalue weighted by Crippen LogP contribution is 2.44. The van der Waals surface area contributed by atoms with Gasteiger partial charge in [0.05, 0.1) is 5.56 Å². The number of hydrogen-bond acceptors (Lipinski definition) is 7. The molecule has 1 aromatic heterocycles. The van der Waals surface area contributed by atoms with Gasteiger partial charge in [-0.2, -0.15) is 0 Å². The molecule has 0 bridgehead atoms. The minimum atomic E-state index is -0.617. The van der Waals surface area contributed by atoms with Crippen LogP contribution in [-0.4, -0.2) is 34.6 Å². The van der Waals surface area contributed by atoms with Crippen LogP contribution < -0.4 is 10.6 Å². The molecule has 0 saturated carbocycles.